The predicted molar refractivity (Wildman–Crippen MR) is 91.1 cm³/mol. The summed E-state index contributed by atoms with van der Waals surface area (Å²) < 4.78 is 0. The van der Waals surface area contributed by atoms with Gasteiger partial charge in [-0.05, 0) is 60.0 Å². The first kappa shape index (κ1) is 14.8. The number of nitrogens with one attached hydrogen (secondary N) is 1. The van der Waals surface area contributed by atoms with E-state index in [1.54, 1.807) is 18.3 Å². The van der Waals surface area contributed by atoms with Gasteiger partial charge in [-0.2, -0.15) is 0 Å². The summed E-state index contributed by atoms with van der Waals surface area (Å²) in [5.41, 5.74) is 4.44. The third kappa shape index (κ3) is 3.37. The summed E-state index contributed by atoms with van der Waals surface area (Å²) in [5.74, 6) is -0.117. The van der Waals surface area contributed by atoms with E-state index in [0.717, 1.165) is 28.2 Å². The molecule has 114 valence electrons. The molecular formula is C19H16N2O2. The SMILES string of the molecule is Cc1cc(Nc2ccccn2)ccc1-c1ccc(C(=O)O)cc1. The van der Waals surface area contributed by atoms with Crippen molar-refractivity contribution < 1.29 is 9.90 Å². The minimum atomic E-state index is -0.914. The van der Waals surface area contributed by atoms with Gasteiger partial charge in [0.15, 0.2) is 0 Å². The summed E-state index contributed by atoms with van der Waals surface area (Å²) in [4.78, 5) is 15.2. The molecule has 0 aliphatic rings. The number of aromatic nitrogens is 1. The Labute approximate surface area is 134 Å². The Kier molecular flexibility index (Phi) is 4.06. The highest BCUT2D eigenvalue weighted by Crippen LogP contribution is 2.27. The first-order chi connectivity index (χ1) is 11.1. The average molecular weight is 304 g/mol. The van der Waals surface area contributed by atoms with E-state index in [-0.39, 0.29) is 0 Å². The van der Waals surface area contributed by atoms with Gasteiger partial charge in [-0.25, -0.2) is 9.78 Å². The number of hydrogen-bond acceptors (Lipinski definition) is 3. The fraction of sp³-hybridized carbons (Fsp3) is 0.0526. The van der Waals surface area contributed by atoms with Gasteiger partial charge in [0.05, 0.1) is 5.56 Å². The van der Waals surface area contributed by atoms with E-state index in [4.69, 9.17) is 5.11 Å². The lowest BCUT2D eigenvalue weighted by Gasteiger charge is -2.10. The van der Waals surface area contributed by atoms with Gasteiger partial charge in [-0.3, -0.25) is 0 Å². The molecule has 4 nitrogen and oxygen atoms in total. The fourth-order valence-electron chi connectivity index (χ4n) is 2.44. The Balaban J connectivity index is 1.85. The monoisotopic (exact) mass is 304 g/mol. The third-order valence-electron chi connectivity index (χ3n) is 3.61. The molecule has 0 saturated carbocycles. The van der Waals surface area contributed by atoms with E-state index in [1.807, 2.05) is 49.4 Å². The van der Waals surface area contributed by atoms with E-state index in [1.165, 1.54) is 0 Å². The van der Waals surface area contributed by atoms with Crippen LogP contribution in [0.15, 0.2) is 66.9 Å². The zero-order valence-corrected chi connectivity index (χ0v) is 12.7. The molecule has 3 aromatic rings. The number of hydrogen-bond donors (Lipinski definition) is 2. The Morgan fingerprint density at radius 1 is 1.04 bits per heavy atom. The Hall–Kier alpha value is -3.14. The fourth-order valence-corrected chi connectivity index (χ4v) is 2.44. The summed E-state index contributed by atoms with van der Waals surface area (Å²) in [6.07, 6.45) is 1.74. The molecule has 0 aliphatic carbocycles. The van der Waals surface area contributed by atoms with Crippen LogP contribution in [0.25, 0.3) is 11.1 Å². The Morgan fingerprint density at radius 2 is 1.83 bits per heavy atom. The van der Waals surface area contributed by atoms with E-state index in [9.17, 15) is 4.79 Å². The number of rotatable bonds is 4. The lowest BCUT2D eigenvalue weighted by atomic mass is 9.99. The molecule has 0 amide bonds. The van der Waals surface area contributed by atoms with Crippen molar-refractivity contribution in [3.63, 3.8) is 0 Å². The molecule has 0 spiro atoms. The van der Waals surface area contributed by atoms with Crippen LogP contribution in [0.3, 0.4) is 0 Å². The first-order valence-electron chi connectivity index (χ1n) is 7.26. The van der Waals surface area contributed by atoms with Gasteiger partial charge < -0.3 is 10.4 Å². The van der Waals surface area contributed by atoms with Gasteiger partial charge in [0, 0.05) is 11.9 Å². The molecule has 23 heavy (non-hydrogen) atoms. The molecule has 3 rings (SSSR count). The maximum absolute atomic E-state index is 10.9. The highest BCUT2D eigenvalue weighted by atomic mass is 16.4. The molecule has 2 aromatic carbocycles. The van der Waals surface area contributed by atoms with E-state index >= 15 is 0 Å². The maximum Gasteiger partial charge on any atom is 0.335 e. The largest absolute Gasteiger partial charge is 0.478 e. The maximum atomic E-state index is 10.9. The molecular weight excluding hydrogens is 288 g/mol. The zero-order valence-electron chi connectivity index (χ0n) is 12.7. The molecule has 0 saturated heterocycles. The quantitative estimate of drug-likeness (QED) is 0.745. The zero-order chi connectivity index (χ0) is 16.2. The highest BCUT2D eigenvalue weighted by Gasteiger charge is 2.06. The van der Waals surface area contributed by atoms with Crippen molar-refractivity contribution in [1.29, 1.82) is 0 Å². The second-order valence-electron chi connectivity index (χ2n) is 5.25. The van der Waals surface area contributed by atoms with Crippen molar-refractivity contribution >= 4 is 17.5 Å². The van der Waals surface area contributed by atoms with Crippen LogP contribution in [0, 0.1) is 6.92 Å². The summed E-state index contributed by atoms with van der Waals surface area (Å²) in [6, 6.07) is 18.7. The van der Waals surface area contributed by atoms with Gasteiger partial charge in [-0.15, -0.1) is 0 Å². The van der Waals surface area contributed by atoms with Gasteiger partial charge in [-0.1, -0.05) is 24.3 Å². The van der Waals surface area contributed by atoms with Crippen molar-refractivity contribution in [2.45, 2.75) is 6.92 Å². The number of anilines is 2. The number of aryl methyl sites for hydroxylation is 1. The Morgan fingerprint density at radius 3 is 2.43 bits per heavy atom. The number of nitrogens with zero attached hydrogens (tertiary/aromatic N) is 1. The van der Waals surface area contributed by atoms with Crippen LogP contribution in [0.5, 0.6) is 0 Å². The molecule has 0 atom stereocenters. The lowest BCUT2D eigenvalue weighted by Crippen LogP contribution is -1.96. The molecule has 2 N–H and O–H groups in total. The summed E-state index contributed by atoms with van der Waals surface area (Å²) in [5, 5.41) is 12.2. The molecule has 4 heteroatoms. The third-order valence-corrected chi connectivity index (χ3v) is 3.61. The topological polar surface area (TPSA) is 62.2 Å². The van der Waals surface area contributed by atoms with Crippen molar-refractivity contribution in [2.24, 2.45) is 0 Å². The smallest absolute Gasteiger partial charge is 0.335 e. The number of carboxylic acids is 1. The average Bonchev–Trinajstić information content (AvgIpc) is 2.56. The van der Waals surface area contributed by atoms with E-state index in [2.05, 4.69) is 16.4 Å². The van der Waals surface area contributed by atoms with Crippen LogP contribution in [0.1, 0.15) is 15.9 Å². The van der Waals surface area contributed by atoms with Crippen molar-refractivity contribution in [2.75, 3.05) is 5.32 Å². The van der Waals surface area contributed by atoms with Gasteiger partial charge in [0.1, 0.15) is 5.82 Å². The first-order valence-corrected chi connectivity index (χ1v) is 7.26. The minimum Gasteiger partial charge on any atom is -0.478 e. The van der Waals surface area contributed by atoms with Crippen LogP contribution in [-0.4, -0.2) is 16.1 Å². The predicted octanol–water partition coefficient (Wildman–Crippen LogP) is 4.50. The normalized spacial score (nSPS) is 10.3. The van der Waals surface area contributed by atoms with Crippen LogP contribution < -0.4 is 5.32 Å². The van der Waals surface area contributed by atoms with Gasteiger partial charge in [0.25, 0.3) is 0 Å². The van der Waals surface area contributed by atoms with Crippen LogP contribution in [0.2, 0.25) is 0 Å². The number of aromatic carboxylic acids is 1. The Bertz CT molecular complexity index is 828. The number of pyridine rings is 1. The second-order valence-corrected chi connectivity index (χ2v) is 5.25. The summed E-state index contributed by atoms with van der Waals surface area (Å²) in [7, 11) is 0. The highest BCUT2D eigenvalue weighted by molar-refractivity contribution is 5.88. The molecule has 0 unspecified atom stereocenters. The molecule has 1 heterocycles. The number of carbonyl (C=O) groups is 1. The van der Waals surface area contributed by atoms with Gasteiger partial charge in [0.2, 0.25) is 0 Å². The van der Waals surface area contributed by atoms with Crippen LogP contribution >= 0.6 is 0 Å². The number of benzene rings is 2. The summed E-state index contributed by atoms with van der Waals surface area (Å²) in [6.45, 7) is 2.03. The van der Waals surface area contributed by atoms with Crippen LogP contribution in [-0.2, 0) is 0 Å². The standard InChI is InChI=1S/C19H16N2O2/c1-13-12-16(21-18-4-2-3-11-20-18)9-10-17(13)14-5-7-15(8-6-14)19(22)23/h2-12H,1H3,(H,20,21)(H,22,23). The molecule has 0 bridgehead atoms. The van der Waals surface area contributed by atoms with E-state index < -0.39 is 5.97 Å². The minimum absolute atomic E-state index is 0.292. The molecule has 1 aromatic heterocycles. The second kappa shape index (κ2) is 6.32. The molecule has 0 aliphatic heterocycles. The van der Waals surface area contributed by atoms with E-state index in [0.29, 0.717) is 5.56 Å². The molecule has 0 fully saturated rings. The lowest BCUT2D eigenvalue weighted by molar-refractivity contribution is 0.0697. The van der Waals surface area contributed by atoms with Gasteiger partial charge >= 0.3 is 5.97 Å². The molecule has 0 radical (unpaired) electrons. The summed E-state index contributed by atoms with van der Waals surface area (Å²) >= 11 is 0. The van der Waals surface area contributed by atoms with Crippen molar-refractivity contribution in [3.8, 4) is 11.1 Å². The number of carboxylic acid groups (broad SMARTS) is 1. The van der Waals surface area contributed by atoms with Crippen LogP contribution in [0.4, 0.5) is 11.5 Å². The van der Waals surface area contributed by atoms with Crippen molar-refractivity contribution in [1.82, 2.24) is 4.98 Å². The van der Waals surface area contributed by atoms with Crippen molar-refractivity contribution in [3.05, 3.63) is 78.0 Å².